The minimum atomic E-state index is -0.319. The average molecular weight is 588 g/mol. The second-order valence-corrected chi connectivity index (χ2v) is 13.1. The zero-order valence-electron chi connectivity index (χ0n) is 26.2. The summed E-state index contributed by atoms with van der Waals surface area (Å²) in [4.78, 5) is 11.4. The van der Waals surface area contributed by atoms with Crippen LogP contribution < -0.4 is 5.32 Å². The van der Waals surface area contributed by atoms with Crippen molar-refractivity contribution in [1.29, 1.82) is 0 Å². The number of nitrogens with one attached hydrogen (secondary N) is 1. The van der Waals surface area contributed by atoms with Crippen LogP contribution in [-0.2, 0) is 24.9 Å². The quantitative estimate of drug-likeness (QED) is 0.155. The van der Waals surface area contributed by atoms with E-state index in [1.165, 1.54) is 24.1 Å². The number of aryl methyl sites for hydroxylation is 1. The fourth-order valence-electron chi connectivity index (χ4n) is 8.38. The highest BCUT2D eigenvalue weighted by atomic mass is 19.1. The molecule has 0 amide bonds. The number of allylic oxidation sites excluding steroid dienone is 2. The number of benzene rings is 2. The maximum absolute atomic E-state index is 15.9. The third-order valence-electron chi connectivity index (χ3n) is 10.9. The number of nitrogens with zero attached hydrogens (tertiary/aromatic N) is 4. The smallest absolute Gasteiger partial charge is 0.129 e. The van der Waals surface area contributed by atoms with E-state index >= 15 is 4.39 Å². The molecule has 6 heteroatoms. The number of hydrogen-bond donors (Lipinski definition) is 1. The lowest BCUT2D eigenvalue weighted by molar-refractivity contribution is 0.325. The maximum Gasteiger partial charge on any atom is 0.129 e. The van der Waals surface area contributed by atoms with Gasteiger partial charge >= 0.3 is 0 Å². The molecule has 2 aliphatic carbocycles. The molecule has 4 unspecified atom stereocenters. The van der Waals surface area contributed by atoms with E-state index in [4.69, 9.17) is 4.98 Å². The summed E-state index contributed by atoms with van der Waals surface area (Å²) in [6, 6.07) is 12.3. The molecule has 1 N–H and O–H groups in total. The van der Waals surface area contributed by atoms with Gasteiger partial charge in [-0.25, -0.2) is 14.4 Å². The summed E-state index contributed by atoms with van der Waals surface area (Å²) in [5.74, 6) is 1.17. The summed E-state index contributed by atoms with van der Waals surface area (Å²) in [5.41, 5.74) is 9.16. The van der Waals surface area contributed by atoms with Crippen molar-refractivity contribution >= 4 is 11.5 Å². The van der Waals surface area contributed by atoms with Gasteiger partial charge in [0.05, 0.1) is 12.0 Å². The van der Waals surface area contributed by atoms with E-state index < -0.39 is 0 Å². The first-order chi connectivity index (χ1) is 21.3. The van der Waals surface area contributed by atoms with Gasteiger partial charge in [0.1, 0.15) is 17.7 Å². The molecule has 5 nitrogen and oxygen atoms in total. The summed E-state index contributed by atoms with van der Waals surface area (Å²) >= 11 is 0. The number of aromatic nitrogens is 2. The van der Waals surface area contributed by atoms with Gasteiger partial charge in [-0.3, -0.25) is 0 Å². The Balaban J connectivity index is 1.19. The second-order valence-electron chi connectivity index (χ2n) is 13.1. The second kappa shape index (κ2) is 10.5. The number of halogens is 1. The molecule has 2 fully saturated rings. The molecule has 2 aliphatic heterocycles. The lowest BCUT2D eigenvalue weighted by Crippen LogP contribution is -2.32. The van der Waals surface area contributed by atoms with Gasteiger partial charge in [0.25, 0.3) is 0 Å². The van der Waals surface area contributed by atoms with E-state index in [9.17, 15) is 0 Å². The van der Waals surface area contributed by atoms with E-state index in [1.54, 1.807) is 12.3 Å². The molecule has 2 saturated carbocycles. The molecule has 3 aromatic rings. The molecule has 0 saturated heterocycles. The normalized spacial score (nSPS) is 25.8. The van der Waals surface area contributed by atoms with Crippen molar-refractivity contribution in [3.05, 3.63) is 120 Å². The molecule has 226 valence electrons. The first kappa shape index (κ1) is 28.6. The topological polar surface area (TPSA) is 45.4 Å². The molecular weight excluding hydrogens is 545 g/mol. The minimum Gasteiger partial charge on any atom is -0.353 e. The molecule has 3 heterocycles. The van der Waals surface area contributed by atoms with Crippen molar-refractivity contribution in [2.45, 2.75) is 77.4 Å². The average Bonchev–Trinajstić information content (AvgIpc) is 3.65. The Morgan fingerprint density at radius 3 is 2.75 bits per heavy atom. The van der Waals surface area contributed by atoms with Crippen LogP contribution >= 0.6 is 0 Å². The largest absolute Gasteiger partial charge is 0.353 e. The zero-order valence-corrected chi connectivity index (χ0v) is 26.2. The third-order valence-corrected chi connectivity index (χ3v) is 10.9. The number of rotatable bonds is 9. The number of imidazole rings is 1. The first-order valence-electron chi connectivity index (χ1n) is 15.9. The maximum atomic E-state index is 15.9. The molecular formula is C38H42FN5. The highest BCUT2D eigenvalue weighted by molar-refractivity contribution is 5.82. The van der Waals surface area contributed by atoms with E-state index in [0.29, 0.717) is 23.4 Å². The van der Waals surface area contributed by atoms with Crippen LogP contribution in [0.2, 0.25) is 0 Å². The Kier molecular flexibility index (Phi) is 6.80. The van der Waals surface area contributed by atoms with Crippen molar-refractivity contribution in [1.82, 2.24) is 19.8 Å². The number of amidine groups is 1. The molecule has 0 bridgehead atoms. The van der Waals surface area contributed by atoms with Crippen molar-refractivity contribution < 1.29 is 4.39 Å². The van der Waals surface area contributed by atoms with Gasteiger partial charge < -0.3 is 14.8 Å². The van der Waals surface area contributed by atoms with Crippen LogP contribution in [0.1, 0.15) is 80.6 Å². The van der Waals surface area contributed by atoms with Gasteiger partial charge in [0.2, 0.25) is 0 Å². The van der Waals surface area contributed by atoms with E-state index in [2.05, 4.69) is 82.8 Å². The van der Waals surface area contributed by atoms with Crippen molar-refractivity contribution in [2.75, 3.05) is 0 Å². The third kappa shape index (κ3) is 4.25. The van der Waals surface area contributed by atoms with Gasteiger partial charge in [-0.15, -0.1) is 6.58 Å². The van der Waals surface area contributed by atoms with Crippen LogP contribution in [0.25, 0.3) is 16.8 Å². The standard InChI is InChI=1S/C38H42FN5/c1-7-16-40-26(6)42-24(4)36(35-34-11-10-17-43(34)23-41-35)44-21-32-31(25(44)5)18-28(19-33(32)39)27-12-14-30(15-13-27)37(9-3)22-38(37)20-29(38)8-2/h7-8,12-16,18-19,23,29,36H,2,4-5,9-11,17,20-22H2,1,3,6H3,(H,40,42)/b16-7-. The Morgan fingerprint density at radius 2 is 2.05 bits per heavy atom. The summed E-state index contributed by atoms with van der Waals surface area (Å²) in [6.07, 6.45) is 13.4. The lowest BCUT2D eigenvalue weighted by atomic mass is 9.87. The minimum absolute atomic E-state index is 0.207. The molecule has 44 heavy (non-hydrogen) atoms. The van der Waals surface area contributed by atoms with Gasteiger partial charge in [-0.1, -0.05) is 56.5 Å². The highest BCUT2D eigenvalue weighted by Gasteiger charge is 2.77. The molecule has 4 aliphatic rings. The van der Waals surface area contributed by atoms with Crippen molar-refractivity contribution in [3.63, 3.8) is 0 Å². The Labute approximate surface area is 260 Å². The Bertz CT molecular complexity index is 1740. The summed E-state index contributed by atoms with van der Waals surface area (Å²) < 4.78 is 18.1. The monoisotopic (exact) mass is 587 g/mol. The SMILES string of the molecule is C=CC1CC12CC2(CC)c1ccc(-c2cc(F)c3c(c2)C(=C)N(C(C(=C)NC(C)=N/C=C\C)c2ncn4c2CCC4)C3)cc1. The van der Waals surface area contributed by atoms with Gasteiger partial charge in [0.15, 0.2) is 0 Å². The molecule has 2 aromatic carbocycles. The summed E-state index contributed by atoms with van der Waals surface area (Å²) in [6.45, 7) is 20.5. The van der Waals surface area contributed by atoms with Crippen LogP contribution in [0.4, 0.5) is 4.39 Å². The van der Waals surface area contributed by atoms with Crippen molar-refractivity contribution in [2.24, 2.45) is 16.3 Å². The Hall–Kier alpha value is -4.19. The molecule has 0 radical (unpaired) electrons. The van der Waals surface area contributed by atoms with Gasteiger partial charge in [-0.05, 0) is 86.1 Å². The summed E-state index contributed by atoms with van der Waals surface area (Å²) in [5, 5.41) is 3.39. The molecule has 4 atom stereocenters. The van der Waals surface area contributed by atoms with Gasteiger partial charge in [-0.2, -0.15) is 0 Å². The number of aliphatic imine (C=N–C) groups is 1. The molecule has 1 aromatic heterocycles. The van der Waals surface area contributed by atoms with E-state index in [-0.39, 0.29) is 17.3 Å². The summed E-state index contributed by atoms with van der Waals surface area (Å²) in [7, 11) is 0. The molecule has 7 rings (SSSR count). The van der Waals surface area contributed by atoms with E-state index in [0.717, 1.165) is 65.4 Å². The van der Waals surface area contributed by atoms with E-state index in [1.807, 2.05) is 26.3 Å². The molecule has 1 spiro atoms. The zero-order chi connectivity index (χ0) is 30.8. The fraction of sp³-hybridized carbons (Fsp3) is 0.368. The highest BCUT2D eigenvalue weighted by Crippen LogP contribution is 2.83. The predicted molar refractivity (Wildman–Crippen MR) is 177 cm³/mol. The Morgan fingerprint density at radius 1 is 1.25 bits per heavy atom. The van der Waals surface area contributed by atoms with Crippen LogP contribution in [0.15, 0.2) is 91.5 Å². The lowest BCUT2D eigenvalue weighted by Gasteiger charge is -2.32. The first-order valence-corrected chi connectivity index (χ1v) is 15.9. The van der Waals surface area contributed by atoms with Crippen LogP contribution in [0.3, 0.4) is 0 Å². The van der Waals surface area contributed by atoms with Crippen molar-refractivity contribution in [3.8, 4) is 11.1 Å². The van der Waals surface area contributed by atoms with Gasteiger partial charge in [0, 0.05) is 52.9 Å². The fourth-order valence-corrected chi connectivity index (χ4v) is 8.38. The number of hydrogen-bond acceptors (Lipinski definition) is 3. The predicted octanol–water partition coefficient (Wildman–Crippen LogP) is 8.46. The van der Waals surface area contributed by atoms with Crippen LogP contribution in [0.5, 0.6) is 0 Å². The number of fused-ring (bicyclic) bond motifs is 2. The van der Waals surface area contributed by atoms with Crippen LogP contribution in [-0.4, -0.2) is 20.3 Å². The van der Waals surface area contributed by atoms with Crippen LogP contribution in [0, 0.1) is 17.2 Å².